The van der Waals surface area contributed by atoms with Crippen LogP contribution in [-0.4, -0.2) is 67.0 Å². The summed E-state index contributed by atoms with van der Waals surface area (Å²) in [7, 11) is 0. The van der Waals surface area contributed by atoms with Crippen molar-refractivity contribution in [3.8, 4) is 0 Å². The van der Waals surface area contributed by atoms with Gasteiger partial charge in [-0.2, -0.15) is 0 Å². The fourth-order valence-electron chi connectivity index (χ4n) is 6.74. The molecule has 0 saturated carbocycles. The minimum Gasteiger partial charge on any atom is -0.382 e. The van der Waals surface area contributed by atoms with Gasteiger partial charge in [-0.25, -0.2) is 9.97 Å². The summed E-state index contributed by atoms with van der Waals surface area (Å²) in [6, 6.07) is 4.63. The van der Waals surface area contributed by atoms with E-state index in [2.05, 4.69) is 49.3 Å². The predicted molar refractivity (Wildman–Crippen MR) is 151 cm³/mol. The van der Waals surface area contributed by atoms with E-state index in [1.165, 1.54) is 58.0 Å². The molecule has 1 amide bonds. The second-order valence-corrected chi connectivity index (χ2v) is 12.0. The van der Waals surface area contributed by atoms with Crippen LogP contribution in [0.3, 0.4) is 0 Å². The van der Waals surface area contributed by atoms with E-state index in [0.717, 1.165) is 28.8 Å². The van der Waals surface area contributed by atoms with Crippen LogP contribution >= 0.6 is 0 Å². The van der Waals surface area contributed by atoms with Crippen molar-refractivity contribution in [3.63, 3.8) is 0 Å². The molecule has 2 N–H and O–H groups in total. The molecular weight excluding hydrogens is 474 g/mol. The lowest BCUT2D eigenvalue weighted by molar-refractivity contribution is 0.0223. The second-order valence-electron chi connectivity index (χ2n) is 12.0. The predicted octanol–water partition coefficient (Wildman–Crippen LogP) is 4.60. The van der Waals surface area contributed by atoms with Crippen molar-refractivity contribution in [2.75, 3.05) is 31.9 Å². The van der Waals surface area contributed by atoms with Crippen molar-refractivity contribution in [2.45, 2.75) is 76.9 Å². The summed E-state index contributed by atoms with van der Waals surface area (Å²) in [5.41, 5.74) is 9.24. The number of anilines is 1. The van der Waals surface area contributed by atoms with Gasteiger partial charge in [-0.1, -0.05) is 25.0 Å². The Kier molecular flexibility index (Phi) is 6.76. The van der Waals surface area contributed by atoms with Crippen molar-refractivity contribution >= 4 is 22.8 Å². The van der Waals surface area contributed by atoms with Crippen LogP contribution in [0.15, 0.2) is 43.0 Å². The molecular formula is C30H41N7O. The maximum atomic E-state index is 13.3. The summed E-state index contributed by atoms with van der Waals surface area (Å²) in [4.78, 5) is 26.7. The van der Waals surface area contributed by atoms with Gasteiger partial charge in [0.1, 0.15) is 5.52 Å². The number of nitrogen functional groups attached to an aromatic ring is 1. The molecule has 1 aliphatic carbocycles. The molecule has 0 radical (unpaired) electrons. The maximum absolute atomic E-state index is 13.3. The Morgan fingerprint density at radius 1 is 1.16 bits per heavy atom. The molecule has 38 heavy (non-hydrogen) atoms. The quantitative estimate of drug-likeness (QED) is 0.502. The number of piperidine rings is 1. The van der Waals surface area contributed by atoms with Gasteiger partial charge in [0.15, 0.2) is 5.82 Å². The number of pyridine rings is 1. The van der Waals surface area contributed by atoms with Crippen LogP contribution in [0.4, 0.5) is 5.82 Å². The van der Waals surface area contributed by atoms with Crippen LogP contribution in [0, 0.1) is 12.8 Å². The Balaban J connectivity index is 1.03. The number of allylic oxidation sites excluding steroid dienone is 1. The maximum Gasteiger partial charge on any atom is 0.255 e. The number of imidazole rings is 1. The van der Waals surface area contributed by atoms with Crippen LogP contribution in [0.5, 0.6) is 0 Å². The number of likely N-dealkylation sites (tertiary alicyclic amines) is 2. The molecule has 6 rings (SSSR count). The monoisotopic (exact) mass is 515 g/mol. The molecule has 0 aromatic carbocycles. The number of nitrogens with zero attached hydrogens (tertiary/aromatic N) is 6. The number of rotatable bonds is 5. The van der Waals surface area contributed by atoms with Crippen LogP contribution < -0.4 is 5.73 Å². The van der Waals surface area contributed by atoms with E-state index >= 15 is 0 Å². The highest BCUT2D eigenvalue weighted by atomic mass is 16.2. The fourth-order valence-corrected chi connectivity index (χ4v) is 6.74. The number of carbonyl (C=O) groups is 1. The van der Waals surface area contributed by atoms with Gasteiger partial charge in [-0.05, 0) is 77.1 Å². The Morgan fingerprint density at radius 2 is 1.97 bits per heavy atom. The summed E-state index contributed by atoms with van der Waals surface area (Å²) < 4.78 is 4.38. The third-order valence-corrected chi connectivity index (χ3v) is 8.93. The number of amides is 1. The molecule has 202 valence electrons. The highest BCUT2D eigenvalue weighted by molar-refractivity contribution is 5.95. The first-order chi connectivity index (χ1) is 18.4. The average molecular weight is 516 g/mol. The smallest absolute Gasteiger partial charge is 0.255 e. The molecule has 1 atom stereocenters. The van der Waals surface area contributed by atoms with Crippen LogP contribution in [0.2, 0.25) is 0 Å². The Bertz CT molecular complexity index is 1320. The molecule has 3 aromatic heterocycles. The van der Waals surface area contributed by atoms with Crippen molar-refractivity contribution in [3.05, 3.63) is 54.3 Å². The third-order valence-electron chi connectivity index (χ3n) is 8.93. The lowest BCUT2D eigenvalue weighted by atomic mass is 9.91. The third kappa shape index (κ3) is 4.86. The van der Waals surface area contributed by atoms with Gasteiger partial charge in [0.25, 0.3) is 5.91 Å². The fraction of sp³-hybridized carbons (Fsp3) is 0.567. The molecule has 2 aliphatic heterocycles. The number of hydrogen-bond donors (Lipinski definition) is 1. The molecule has 8 heteroatoms. The average Bonchev–Trinajstić information content (AvgIpc) is 3.50. The molecule has 3 aromatic rings. The summed E-state index contributed by atoms with van der Waals surface area (Å²) in [5, 5.41) is 0. The van der Waals surface area contributed by atoms with E-state index in [4.69, 9.17) is 5.73 Å². The summed E-state index contributed by atoms with van der Waals surface area (Å²) in [5.74, 6) is 1.23. The SMILES string of the molecule is Cc1cc2c(ncn2C2(C)CN(C(=O)c3ccn(CC4CCN([C@H]5/C=C\CCCCC5)CC4)c3)C2)c(N)n1. The van der Waals surface area contributed by atoms with E-state index < -0.39 is 0 Å². The van der Waals surface area contributed by atoms with Gasteiger partial charge in [-0.3, -0.25) is 9.69 Å². The molecule has 5 heterocycles. The van der Waals surface area contributed by atoms with Gasteiger partial charge in [-0.15, -0.1) is 0 Å². The standard InChI is InChI=1S/C30H41N7O/c1-22-16-26-27(28(31)33-22)32-21-37(26)30(2)19-36(20-30)29(38)24-12-13-34(18-24)17-23-10-14-35(15-11-23)25-8-6-4-3-5-7-9-25/h6,8,12-13,16,18,21,23,25H,3-5,7,9-11,14-15,17,19-20H2,1-2H3,(H2,31,33)/b8-6-/t25-/m0/s1. The highest BCUT2D eigenvalue weighted by Gasteiger charge is 2.44. The lowest BCUT2D eigenvalue weighted by Crippen LogP contribution is -2.62. The highest BCUT2D eigenvalue weighted by Crippen LogP contribution is 2.34. The van der Waals surface area contributed by atoms with Gasteiger partial charge < -0.3 is 19.8 Å². The molecule has 0 spiro atoms. The molecule has 3 aliphatic rings. The Morgan fingerprint density at radius 3 is 2.79 bits per heavy atom. The molecule has 0 unspecified atom stereocenters. The summed E-state index contributed by atoms with van der Waals surface area (Å²) in [6.45, 7) is 8.78. The lowest BCUT2D eigenvalue weighted by Gasteiger charge is -2.48. The van der Waals surface area contributed by atoms with Crippen LogP contribution in [0.25, 0.3) is 11.0 Å². The van der Waals surface area contributed by atoms with E-state index in [-0.39, 0.29) is 11.4 Å². The number of hydrogen-bond acceptors (Lipinski definition) is 5. The van der Waals surface area contributed by atoms with E-state index in [1.54, 1.807) is 0 Å². The minimum absolute atomic E-state index is 0.105. The van der Waals surface area contributed by atoms with Crippen LogP contribution in [-0.2, 0) is 12.1 Å². The first-order valence-corrected chi connectivity index (χ1v) is 14.4. The zero-order chi connectivity index (χ0) is 26.3. The van der Waals surface area contributed by atoms with Gasteiger partial charge >= 0.3 is 0 Å². The molecule has 0 bridgehead atoms. The Hall–Kier alpha value is -3.13. The van der Waals surface area contributed by atoms with Gasteiger partial charge in [0, 0.05) is 43.8 Å². The zero-order valence-electron chi connectivity index (χ0n) is 22.9. The largest absolute Gasteiger partial charge is 0.382 e. The second kappa shape index (κ2) is 10.2. The number of aryl methyl sites for hydroxylation is 1. The van der Waals surface area contributed by atoms with E-state index in [1.807, 2.05) is 36.5 Å². The van der Waals surface area contributed by atoms with Gasteiger partial charge in [0.05, 0.1) is 22.9 Å². The molecule has 8 nitrogen and oxygen atoms in total. The normalized spacial score (nSPS) is 23.6. The minimum atomic E-state index is -0.202. The van der Waals surface area contributed by atoms with E-state index in [9.17, 15) is 4.79 Å². The van der Waals surface area contributed by atoms with Crippen molar-refractivity contribution in [2.24, 2.45) is 5.92 Å². The topological polar surface area (TPSA) is 85.2 Å². The molecule has 2 saturated heterocycles. The first-order valence-electron chi connectivity index (χ1n) is 14.4. The first kappa shape index (κ1) is 25.2. The summed E-state index contributed by atoms with van der Waals surface area (Å²) in [6.07, 6.45) is 19.9. The Labute approximate surface area is 225 Å². The van der Waals surface area contributed by atoms with Crippen molar-refractivity contribution < 1.29 is 4.79 Å². The number of carbonyl (C=O) groups excluding carboxylic acids is 1. The van der Waals surface area contributed by atoms with Crippen molar-refractivity contribution in [1.29, 1.82) is 0 Å². The van der Waals surface area contributed by atoms with Gasteiger partial charge in [0.2, 0.25) is 0 Å². The number of aromatic nitrogens is 4. The van der Waals surface area contributed by atoms with Crippen LogP contribution in [0.1, 0.15) is 67.9 Å². The number of nitrogens with two attached hydrogens (primary N) is 1. The van der Waals surface area contributed by atoms with Crippen molar-refractivity contribution in [1.82, 2.24) is 28.9 Å². The number of fused-ring (bicyclic) bond motifs is 1. The molecule has 2 fully saturated rings. The summed E-state index contributed by atoms with van der Waals surface area (Å²) >= 11 is 0. The zero-order valence-corrected chi connectivity index (χ0v) is 22.9. The van der Waals surface area contributed by atoms with E-state index in [0.29, 0.717) is 30.9 Å².